The van der Waals surface area contributed by atoms with E-state index in [-0.39, 0.29) is 13.1 Å². The van der Waals surface area contributed by atoms with Gasteiger partial charge in [0.2, 0.25) is 10.0 Å². The summed E-state index contributed by atoms with van der Waals surface area (Å²) in [6.07, 6.45) is 2.56. The molecule has 0 spiro atoms. The maximum Gasteiger partial charge on any atom is 0.331 e. The minimum atomic E-state index is -3.58. The summed E-state index contributed by atoms with van der Waals surface area (Å²) in [6.45, 7) is 2.60. The Balaban J connectivity index is 4.01. The first-order valence-corrected chi connectivity index (χ1v) is 6.61. The molecule has 0 unspecified atom stereocenters. The van der Waals surface area contributed by atoms with E-state index in [0.29, 0.717) is 6.61 Å². The minimum absolute atomic E-state index is 0.136. The summed E-state index contributed by atoms with van der Waals surface area (Å²) >= 11 is 0. The number of carbonyl (C=O) groups excluding carboxylic acids is 1. The standard InChI is InChI=1S/C9H18N2O4S/c1-2-3-7-15-9(12)4-8-16(13,14)11-6-5-10/h4,8,11H,2-3,5-7,10H2,1H3. The van der Waals surface area contributed by atoms with Crippen molar-refractivity contribution in [2.24, 2.45) is 5.73 Å². The molecule has 0 aliphatic heterocycles. The highest BCUT2D eigenvalue weighted by molar-refractivity contribution is 7.92. The Morgan fingerprint density at radius 2 is 2.19 bits per heavy atom. The van der Waals surface area contributed by atoms with Gasteiger partial charge in [0.1, 0.15) is 0 Å². The maximum absolute atomic E-state index is 11.2. The Morgan fingerprint density at radius 1 is 1.50 bits per heavy atom. The molecule has 94 valence electrons. The molecule has 0 bridgehead atoms. The van der Waals surface area contributed by atoms with Crippen LogP contribution in [0, 0.1) is 0 Å². The predicted octanol–water partition coefficient (Wildman–Crippen LogP) is -0.278. The molecular formula is C9H18N2O4S. The van der Waals surface area contributed by atoms with Crippen LogP contribution in [-0.4, -0.2) is 34.1 Å². The van der Waals surface area contributed by atoms with Crippen LogP contribution in [0.3, 0.4) is 0 Å². The van der Waals surface area contributed by atoms with Gasteiger partial charge in [-0.1, -0.05) is 13.3 Å². The molecule has 0 atom stereocenters. The second-order valence-electron chi connectivity index (χ2n) is 3.05. The number of hydrogen-bond acceptors (Lipinski definition) is 5. The van der Waals surface area contributed by atoms with Crippen molar-refractivity contribution in [3.63, 3.8) is 0 Å². The van der Waals surface area contributed by atoms with Gasteiger partial charge >= 0.3 is 5.97 Å². The van der Waals surface area contributed by atoms with Crippen LogP contribution in [0.1, 0.15) is 19.8 Å². The first-order valence-electron chi connectivity index (χ1n) is 5.06. The highest BCUT2D eigenvalue weighted by Gasteiger charge is 2.05. The van der Waals surface area contributed by atoms with Gasteiger partial charge in [-0.3, -0.25) is 0 Å². The third-order valence-electron chi connectivity index (χ3n) is 1.57. The number of unbranched alkanes of at least 4 members (excludes halogenated alkanes) is 1. The van der Waals surface area contributed by atoms with Crippen LogP contribution in [0.2, 0.25) is 0 Å². The van der Waals surface area contributed by atoms with E-state index in [2.05, 4.69) is 4.72 Å². The fourth-order valence-corrected chi connectivity index (χ4v) is 1.55. The van der Waals surface area contributed by atoms with Crippen molar-refractivity contribution in [3.8, 4) is 0 Å². The highest BCUT2D eigenvalue weighted by atomic mass is 32.2. The largest absolute Gasteiger partial charge is 0.463 e. The highest BCUT2D eigenvalue weighted by Crippen LogP contribution is 1.92. The zero-order valence-electron chi connectivity index (χ0n) is 9.31. The van der Waals surface area contributed by atoms with Crippen molar-refractivity contribution in [3.05, 3.63) is 11.5 Å². The topological polar surface area (TPSA) is 98.5 Å². The number of carbonyl (C=O) groups is 1. The lowest BCUT2D eigenvalue weighted by Crippen LogP contribution is -2.27. The molecule has 0 fully saturated rings. The van der Waals surface area contributed by atoms with Crippen molar-refractivity contribution in [1.82, 2.24) is 4.72 Å². The molecule has 0 aromatic carbocycles. The van der Waals surface area contributed by atoms with E-state index in [9.17, 15) is 13.2 Å². The van der Waals surface area contributed by atoms with Crippen molar-refractivity contribution < 1.29 is 17.9 Å². The number of nitrogens with two attached hydrogens (primary N) is 1. The maximum atomic E-state index is 11.2. The molecule has 0 saturated carbocycles. The number of nitrogens with one attached hydrogen (secondary N) is 1. The van der Waals surface area contributed by atoms with Crippen LogP contribution >= 0.6 is 0 Å². The Hall–Kier alpha value is -0.920. The van der Waals surface area contributed by atoms with Gasteiger partial charge in [-0.25, -0.2) is 17.9 Å². The number of esters is 1. The second-order valence-corrected chi connectivity index (χ2v) is 4.70. The van der Waals surface area contributed by atoms with E-state index in [1.807, 2.05) is 6.92 Å². The molecule has 0 aliphatic rings. The smallest absolute Gasteiger partial charge is 0.331 e. The minimum Gasteiger partial charge on any atom is -0.463 e. The molecule has 0 amide bonds. The van der Waals surface area contributed by atoms with Crippen LogP contribution in [0.4, 0.5) is 0 Å². The summed E-state index contributed by atoms with van der Waals surface area (Å²) in [5, 5.41) is 0.775. The molecule has 0 aromatic heterocycles. The molecule has 0 saturated heterocycles. The van der Waals surface area contributed by atoms with E-state index in [1.54, 1.807) is 0 Å². The Bertz CT molecular complexity index is 324. The average molecular weight is 250 g/mol. The zero-order chi connectivity index (χ0) is 12.4. The molecule has 0 aliphatic carbocycles. The third-order valence-corrected chi connectivity index (χ3v) is 2.67. The fourth-order valence-electron chi connectivity index (χ4n) is 0.760. The van der Waals surface area contributed by atoms with Gasteiger partial charge in [0.05, 0.1) is 12.0 Å². The molecule has 6 nitrogen and oxygen atoms in total. The zero-order valence-corrected chi connectivity index (χ0v) is 10.1. The molecule has 0 radical (unpaired) electrons. The van der Waals surface area contributed by atoms with Gasteiger partial charge in [0.15, 0.2) is 0 Å². The molecule has 3 N–H and O–H groups in total. The molecule has 7 heteroatoms. The second kappa shape index (κ2) is 8.26. The van der Waals surface area contributed by atoms with E-state index in [1.165, 1.54) is 0 Å². The summed E-state index contributed by atoms with van der Waals surface area (Å²) in [5.74, 6) is -0.661. The van der Waals surface area contributed by atoms with Gasteiger partial charge in [-0.2, -0.15) is 0 Å². The van der Waals surface area contributed by atoms with E-state index < -0.39 is 16.0 Å². The molecule has 0 rings (SSSR count). The fraction of sp³-hybridized carbons (Fsp3) is 0.667. The molecule has 0 aromatic rings. The lowest BCUT2D eigenvalue weighted by atomic mass is 10.4. The van der Waals surface area contributed by atoms with Gasteiger partial charge in [0.25, 0.3) is 0 Å². The number of sulfonamides is 1. The lowest BCUT2D eigenvalue weighted by Gasteiger charge is -2.00. The Morgan fingerprint density at radius 3 is 2.75 bits per heavy atom. The van der Waals surface area contributed by atoms with Gasteiger partial charge in [0, 0.05) is 19.2 Å². The molecule has 16 heavy (non-hydrogen) atoms. The first-order chi connectivity index (χ1) is 7.52. The van der Waals surface area contributed by atoms with Gasteiger partial charge in [-0.05, 0) is 6.42 Å². The number of hydrogen-bond donors (Lipinski definition) is 2. The van der Waals surface area contributed by atoms with E-state index >= 15 is 0 Å². The van der Waals surface area contributed by atoms with Crippen LogP contribution in [0.15, 0.2) is 11.5 Å². The third kappa shape index (κ3) is 8.39. The normalized spacial score (nSPS) is 11.9. The monoisotopic (exact) mass is 250 g/mol. The Kier molecular flexibility index (Phi) is 7.78. The summed E-state index contributed by atoms with van der Waals surface area (Å²) in [4.78, 5) is 11.0. The number of rotatable bonds is 8. The van der Waals surface area contributed by atoms with Gasteiger partial charge < -0.3 is 10.5 Å². The van der Waals surface area contributed by atoms with Crippen molar-refractivity contribution in [2.45, 2.75) is 19.8 Å². The summed E-state index contributed by atoms with van der Waals surface area (Å²) in [6, 6.07) is 0. The summed E-state index contributed by atoms with van der Waals surface area (Å²) in [7, 11) is -3.58. The SMILES string of the molecule is CCCCOC(=O)C=CS(=O)(=O)NCCN. The predicted molar refractivity (Wildman–Crippen MR) is 61.0 cm³/mol. The van der Waals surface area contributed by atoms with Gasteiger partial charge in [-0.15, -0.1) is 0 Å². The van der Waals surface area contributed by atoms with Crippen molar-refractivity contribution >= 4 is 16.0 Å². The Labute approximate surface area is 95.9 Å². The van der Waals surface area contributed by atoms with Crippen LogP contribution in [0.25, 0.3) is 0 Å². The lowest BCUT2D eigenvalue weighted by molar-refractivity contribution is -0.137. The summed E-state index contributed by atoms with van der Waals surface area (Å²) in [5.41, 5.74) is 5.13. The molecular weight excluding hydrogens is 232 g/mol. The van der Waals surface area contributed by atoms with Crippen LogP contribution < -0.4 is 10.5 Å². The van der Waals surface area contributed by atoms with Crippen molar-refractivity contribution in [2.75, 3.05) is 19.7 Å². The molecule has 0 heterocycles. The van der Waals surface area contributed by atoms with Crippen molar-refractivity contribution in [1.29, 1.82) is 0 Å². The van der Waals surface area contributed by atoms with E-state index in [4.69, 9.17) is 10.5 Å². The van der Waals surface area contributed by atoms with E-state index in [0.717, 1.165) is 24.3 Å². The average Bonchev–Trinajstić information content (AvgIpc) is 2.24. The van der Waals surface area contributed by atoms with Crippen LogP contribution in [-0.2, 0) is 19.6 Å². The summed E-state index contributed by atoms with van der Waals surface area (Å²) < 4.78 is 29.2. The first kappa shape index (κ1) is 15.1. The quantitative estimate of drug-likeness (QED) is 0.351. The number of ether oxygens (including phenoxy) is 1. The van der Waals surface area contributed by atoms with Crippen LogP contribution in [0.5, 0.6) is 0 Å².